The molecule has 0 atom stereocenters. The third kappa shape index (κ3) is 4.35. The van der Waals surface area contributed by atoms with Crippen LogP contribution in [-0.4, -0.2) is 25.7 Å². The number of pyridine rings is 1. The highest BCUT2D eigenvalue weighted by Gasteiger charge is 2.30. The second-order valence-electron chi connectivity index (χ2n) is 6.83. The first-order valence-corrected chi connectivity index (χ1v) is 9.57. The number of hydrogen-bond acceptors (Lipinski definition) is 5. The maximum atomic E-state index is 12.9. The molecule has 2 aromatic heterocycles. The van der Waals surface area contributed by atoms with Crippen LogP contribution in [0.4, 0.5) is 24.7 Å². The summed E-state index contributed by atoms with van der Waals surface area (Å²) in [6.07, 6.45) is -0.984. The van der Waals surface area contributed by atoms with Crippen molar-refractivity contribution in [3.63, 3.8) is 0 Å². The first-order chi connectivity index (χ1) is 14.3. The van der Waals surface area contributed by atoms with E-state index in [1.807, 2.05) is 4.57 Å². The Morgan fingerprint density at radius 1 is 1.27 bits per heavy atom. The van der Waals surface area contributed by atoms with Crippen molar-refractivity contribution in [3.8, 4) is 0 Å². The second kappa shape index (κ2) is 7.90. The summed E-state index contributed by atoms with van der Waals surface area (Å²) in [7, 11) is 0. The highest BCUT2D eigenvalue weighted by atomic mass is 32.1. The second-order valence-corrected chi connectivity index (χ2v) is 7.22. The van der Waals surface area contributed by atoms with Crippen LogP contribution in [0.3, 0.4) is 0 Å². The molecular weight excluding hydrogens is 417 g/mol. The number of benzene rings is 1. The van der Waals surface area contributed by atoms with Crippen molar-refractivity contribution in [2.45, 2.75) is 31.6 Å². The molecule has 4 rings (SSSR count). The van der Waals surface area contributed by atoms with Crippen LogP contribution < -0.4 is 10.6 Å². The summed E-state index contributed by atoms with van der Waals surface area (Å²) >= 11 is 5.22. The molecule has 7 nitrogen and oxygen atoms in total. The lowest BCUT2D eigenvalue weighted by Crippen LogP contribution is -2.25. The van der Waals surface area contributed by atoms with E-state index in [1.54, 1.807) is 6.07 Å². The molecule has 1 aromatic carbocycles. The number of anilines is 2. The Bertz CT molecular complexity index is 1140. The molecule has 1 aliphatic rings. The fourth-order valence-corrected chi connectivity index (χ4v) is 3.32. The minimum atomic E-state index is -4.47. The van der Waals surface area contributed by atoms with E-state index < -0.39 is 17.6 Å². The van der Waals surface area contributed by atoms with Gasteiger partial charge in [0.05, 0.1) is 17.7 Å². The number of carbonyl (C=O) groups is 1. The molecule has 0 radical (unpaired) electrons. The highest BCUT2D eigenvalue weighted by Crippen LogP contribution is 2.35. The minimum Gasteiger partial charge on any atom is -0.345 e. The van der Waals surface area contributed by atoms with Gasteiger partial charge in [0, 0.05) is 17.9 Å². The first kappa shape index (κ1) is 20.1. The number of alkyl halides is 3. The average Bonchev–Trinajstić information content (AvgIpc) is 3.48. The maximum Gasteiger partial charge on any atom is 0.416 e. The Morgan fingerprint density at radius 2 is 2.07 bits per heavy atom. The summed E-state index contributed by atoms with van der Waals surface area (Å²) < 4.78 is 41.2. The molecule has 0 aliphatic heterocycles. The van der Waals surface area contributed by atoms with Gasteiger partial charge in [0.15, 0.2) is 10.6 Å². The van der Waals surface area contributed by atoms with Gasteiger partial charge in [0.1, 0.15) is 5.82 Å². The first-order valence-electron chi connectivity index (χ1n) is 9.16. The molecule has 2 heterocycles. The number of H-pyrrole nitrogens is 1. The Labute approximate surface area is 174 Å². The Kier molecular flexibility index (Phi) is 5.29. The quantitative estimate of drug-likeness (QED) is 0.502. The summed E-state index contributed by atoms with van der Waals surface area (Å²) in [5.74, 6) is 0.330. The molecule has 1 aliphatic carbocycles. The Balaban J connectivity index is 1.51. The number of aromatic nitrogens is 4. The third-order valence-electron chi connectivity index (χ3n) is 4.60. The van der Waals surface area contributed by atoms with Crippen molar-refractivity contribution < 1.29 is 18.0 Å². The zero-order valence-electron chi connectivity index (χ0n) is 15.5. The number of nitrogens with zero attached hydrogens (tertiary/aromatic N) is 3. The van der Waals surface area contributed by atoms with Gasteiger partial charge in [-0.2, -0.15) is 18.3 Å². The summed E-state index contributed by atoms with van der Waals surface area (Å²) in [6, 6.07) is 8.11. The van der Waals surface area contributed by atoms with E-state index in [0.717, 1.165) is 25.0 Å². The van der Waals surface area contributed by atoms with Crippen molar-refractivity contribution in [2.75, 3.05) is 5.32 Å². The molecule has 0 bridgehead atoms. The van der Waals surface area contributed by atoms with Crippen molar-refractivity contribution in [1.29, 1.82) is 0 Å². The molecule has 0 spiro atoms. The molecule has 3 N–H and O–H groups in total. The van der Waals surface area contributed by atoms with Crippen LogP contribution in [0.25, 0.3) is 0 Å². The summed E-state index contributed by atoms with van der Waals surface area (Å²) in [4.78, 5) is 16.8. The van der Waals surface area contributed by atoms with Crippen molar-refractivity contribution in [3.05, 3.63) is 64.3 Å². The SMILES string of the molecule is O=C(NCc1n[nH]c(=S)n1C1CC1)c1cccnc1Nc1cccc(C(F)(F)F)c1. The zero-order chi connectivity index (χ0) is 21.3. The molecule has 0 saturated heterocycles. The molecule has 1 saturated carbocycles. The normalized spacial score (nSPS) is 13.8. The van der Waals surface area contributed by atoms with Crippen LogP contribution in [0.1, 0.15) is 40.6 Å². The van der Waals surface area contributed by atoms with Gasteiger partial charge in [0.25, 0.3) is 5.91 Å². The smallest absolute Gasteiger partial charge is 0.345 e. The summed E-state index contributed by atoms with van der Waals surface area (Å²) in [5.41, 5.74) is -0.425. The molecule has 30 heavy (non-hydrogen) atoms. The van der Waals surface area contributed by atoms with Crippen LogP contribution >= 0.6 is 12.2 Å². The molecule has 3 aromatic rings. The van der Waals surface area contributed by atoms with Gasteiger partial charge in [-0.3, -0.25) is 14.5 Å². The topological polar surface area (TPSA) is 87.6 Å². The van der Waals surface area contributed by atoms with E-state index in [-0.39, 0.29) is 23.6 Å². The minimum absolute atomic E-state index is 0.149. The predicted molar refractivity (Wildman–Crippen MR) is 106 cm³/mol. The number of halogens is 3. The van der Waals surface area contributed by atoms with Crippen LogP contribution in [0.5, 0.6) is 0 Å². The highest BCUT2D eigenvalue weighted by molar-refractivity contribution is 7.71. The van der Waals surface area contributed by atoms with Gasteiger partial charge in [-0.25, -0.2) is 4.98 Å². The van der Waals surface area contributed by atoms with Gasteiger partial charge in [-0.15, -0.1) is 0 Å². The molecule has 156 valence electrons. The lowest BCUT2D eigenvalue weighted by atomic mass is 10.2. The lowest BCUT2D eigenvalue weighted by Gasteiger charge is -2.13. The van der Waals surface area contributed by atoms with E-state index in [4.69, 9.17) is 12.2 Å². The largest absolute Gasteiger partial charge is 0.416 e. The van der Waals surface area contributed by atoms with E-state index in [1.165, 1.54) is 24.4 Å². The molecule has 11 heteroatoms. The predicted octanol–water partition coefficient (Wildman–Crippen LogP) is 4.36. The fourth-order valence-electron chi connectivity index (χ4n) is 3.02. The van der Waals surface area contributed by atoms with Crippen molar-refractivity contribution in [2.24, 2.45) is 0 Å². The zero-order valence-corrected chi connectivity index (χ0v) is 16.3. The van der Waals surface area contributed by atoms with Crippen LogP contribution in [0, 0.1) is 4.77 Å². The Morgan fingerprint density at radius 3 is 2.80 bits per heavy atom. The van der Waals surface area contributed by atoms with Crippen LogP contribution in [-0.2, 0) is 12.7 Å². The van der Waals surface area contributed by atoms with E-state index in [9.17, 15) is 18.0 Å². The van der Waals surface area contributed by atoms with E-state index >= 15 is 0 Å². The molecule has 1 fully saturated rings. The number of rotatable bonds is 6. The standard InChI is InChI=1S/C19H17F3N6OS/c20-19(21,22)11-3-1-4-12(9-11)25-16-14(5-2-8-23-16)17(29)24-10-15-26-27-18(30)28(15)13-6-7-13/h1-5,8-9,13H,6-7,10H2,(H,23,25)(H,24,29)(H,27,30). The maximum absolute atomic E-state index is 12.9. The van der Waals surface area contributed by atoms with Crippen LogP contribution in [0.15, 0.2) is 42.6 Å². The van der Waals surface area contributed by atoms with Gasteiger partial charge in [-0.05, 0) is 55.4 Å². The number of nitrogens with one attached hydrogen (secondary N) is 3. The monoisotopic (exact) mass is 434 g/mol. The number of aromatic amines is 1. The van der Waals surface area contributed by atoms with Gasteiger partial charge < -0.3 is 10.6 Å². The number of hydrogen-bond donors (Lipinski definition) is 3. The van der Waals surface area contributed by atoms with Gasteiger partial charge in [0.2, 0.25) is 0 Å². The van der Waals surface area contributed by atoms with Crippen LogP contribution in [0.2, 0.25) is 0 Å². The van der Waals surface area contributed by atoms with Gasteiger partial charge in [-0.1, -0.05) is 6.07 Å². The van der Waals surface area contributed by atoms with Gasteiger partial charge >= 0.3 is 6.18 Å². The molecular formula is C19H17F3N6OS. The number of carbonyl (C=O) groups excluding carboxylic acids is 1. The van der Waals surface area contributed by atoms with Crippen molar-refractivity contribution >= 4 is 29.6 Å². The number of amides is 1. The average molecular weight is 434 g/mol. The van der Waals surface area contributed by atoms with Crippen molar-refractivity contribution in [1.82, 2.24) is 25.1 Å². The van der Waals surface area contributed by atoms with E-state index in [2.05, 4.69) is 25.8 Å². The lowest BCUT2D eigenvalue weighted by molar-refractivity contribution is -0.137. The molecule has 1 amide bonds. The third-order valence-corrected chi connectivity index (χ3v) is 4.89. The van der Waals surface area contributed by atoms with E-state index in [0.29, 0.717) is 16.6 Å². The summed E-state index contributed by atoms with van der Waals surface area (Å²) in [5, 5.41) is 12.4. The summed E-state index contributed by atoms with van der Waals surface area (Å²) in [6.45, 7) is 0.153. The Hall–Kier alpha value is -3.21. The fraction of sp³-hybridized carbons (Fsp3) is 0.263. The molecule has 0 unspecified atom stereocenters.